The Kier molecular flexibility index (Phi) is 1.91. The molecule has 1 aromatic carbocycles. The van der Waals surface area contributed by atoms with Gasteiger partial charge in [0.05, 0.1) is 6.67 Å². The molecule has 0 radical (unpaired) electrons. The van der Waals surface area contributed by atoms with Crippen molar-refractivity contribution in [1.29, 1.82) is 0 Å². The summed E-state index contributed by atoms with van der Waals surface area (Å²) in [6.45, 7) is 0.152. The van der Waals surface area contributed by atoms with E-state index in [0.29, 0.717) is 11.4 Å². The smallest absolute Gasteiger partial charge is 0.253 e. The first-order chi connectivity index (χ1) is 5.22. The monoisotopic (exact) mass is 155 g/mol. The molecule has 0 amide bonds. The third-order valence-corrected chi connectivity index (χ3v) is 1.44. The molecule has 0 atom stereocenters. The van der Waals surface area contributed by atoms with E-state index >= 15 is 0 Å². The number of anilines is 2. The highest BCUT2D eigenvalue weighted by molar-refractivity contribution is 5.73. The lowest BCUT2D eigenvalue weighted by molar-refractivity contribution is 1.12. The summed E-state index contributed by atoms with van der Waals surface area (Å²) in [5.74, 6) is 0. The van der Waals surface area contributed by atoms with E-state index in [4.69, 9.17) is 5.73 Å². The number of nitrogens with one attached hydrogen (secondary N) is 2. The van der Waals surface area contributed by atoms with Gasteiger partial charge in [-0.3, -0.25) is 9.59 Å². The van der Waals surface area contributed by atoms with Crippen LogP contribution in [0.3, 0.4) is 0 Å². The molecule has 0 saturated carbocycles. The van der Waals surface area contributed by atoms with Crippen LogP contribution in [0.1, 0.15) is 0 Å². The third-order valence-electron chi connectivity index (χ3n) is 1.44. The van der Waals surface area contributed by atoms with E-state index in [-0.39, 0.29) is 6.67 Å². The van der Waals surface area contributed by atoms with Gasteiger partial charge in [0.2, 0.25) is 0 Å². The summed E-state index contributed by atoms with van der Waals surface area (Å²) in [6, 6.07) is 0. The fourth-order valence-electron chi connectivity index (χ4n) is 0.901. The van der Waals surface area contributed by atoms with Crippen molar-refractivity contribution < 1.29 is 0 Å². The first kappa shape index (κ1) is 7.74. The van der Waals surface area contributed by atoms with Crippen LogP contribution < -0.4 is 27.2 Å². The zero-order valence-corrected chi connectivity index (χ0v) is 6.10. The van der Waals surface area contributed by atoms with Crippen molar-refractivity contribution in [1.82, 2.24) is 0 Å². The Morgan fingerprint density at radius 2 is 1.82 bits per heavy atom. The van der Waals surface area contributed by atoms with Crippen LogP contribution in [-0.4, -0.2) is 13.7 Å². The fraction of sp³-hybridized carbons (Fsp3) is 0.333. The highest BCUT2D eigenvalue weighted by atomic mass is 16.2. The second-order valence-corrected chi connectivity index (χ2v) is 2.04. The molecule has 5 nitrogen and oxygen atoms in total. The van der Waals surface area contributed by atoms with Crippen LogP contribution >= 0.6 is 0 Å². The molecule has 1 rings (SSSR count). The Morgan fingerprint density at radius 3 is 2.27 bits per heavy atom. The van der Waals surface area contributed by atoms with E-state index in [2.05, 4.69) is 10.6 Å². The molecule has 0 saturated heterocycles. The van der Waals surface area contributed by atoms with Gasteiger partial charge < -0.3 is 16.4 Å². The van der Waals surface area contributed by atoms with Gasteiger partial charge >= 0.3 is 0 Å². The second kappa shape index (κ2) is 2.71. The summed E-state index contributed by atoms with van der Waals surface area (Å²) < 4.78 is 0. The average molecular weight is 155 g/mol. The molecule has 0 bridgehead atoms. The van der Waals surface area contributed by atoms with Gasteiger partial charge in [0.25, 0.3) is 10.9 Å². The lowest BCUT2D eigenvalue weighted by Crippen LogP contribution is -2.37. The molecule has 0 aliphatic heterocycles. The topological polar surface area (TPSA) is 84.2 Å². The Labute approximate surface area is 62.9 Å². The first-order valence-electron chi connectivity index (χ1n) is 3.17. The van der Waals surface area contributed by atoms with Gasteiger partial charge in [-0.25, -0.2) is 0 Å². The van der Waals surface area contributed by atoms with Gasteiger partial charge in [0.15, 0.2) is 0 Å². The van der Waals surface area contributed by atoms with Crippen molar-refractivity contribution >= 4 is 11.4 Å². The summed E-state index contributed by atoms with van der Waals surface area (Å²) in [7, 11) is 1.58. The van der Waals surface area contributed by atoms with E-state index in [0.717, 1.165) is 0 Å². The minimum atomic E-state index is -0.500. The van der Waals surface area contributed by atoms with Gasteiger partial charge in [0, 0.05) is 7.05 Å². The molecule has 4 N–H and O–H groups in total. The largest absolute Gasteiger partial charge is 0.383 e. The van der Waals surface area contributed by atoms with Crippen molar-refractivity contribution in [3.05, 3.63) is 20.4 Å². The minimum absolute atomic E-state index is 0.152. The Hall–Kier alpha value is -1.36. The molecule has 5 heteroatoms. The summed E-state index contributed by atoms with van der Waals surface area (Å²) in [5, 5.41) is 5.20. The number of hydrogen-bond acceptors (Lipinski definition) is 5. The molecule has 0 spiro atoms. The van der Waals surface area contributed by atoms with Crippen LogP contribution in [0.2, 0.25) is 0 Å². The Balaban J connectivity index is 2.98. The van der Waals surface area contributed by atoms with E-state index in [1.165, 1.54) is 0 Å². The standard InChI is InChI=1S/C6H9N3O2/c1-8-3-4(9-2-7)6(11)5(3)10/h8-9H,2,7H2,1H3. The van der Waals surface area contributed by atoms with Crippen LogP contribution in [0.15, 0.2) is 9.59 Å². The quantitative estimate of drug-likeness (QED) is 0.371. The number of hydrogen-bond donors (Lipinski definition) is 3. The lowest BCUT2D eigenvalue weighted by Gasteiger charge is -2.09. The first-order valence-corrected chi connectivity index (χ1v) is 3.17. The highest BCUT2D eigenvalue weighted by Crippen LogP contribution is 2.11. The molecule has 0 aliphatic carbocycles. The van der Waals surface area contributed by atoms with Crippen molar-refractivity contribution in [2.24, 2.45) is 5.73 Å². The van der Waals surface area contributed by atoms with Gasteiger partial charge in [0.1, 0.15) is 11.4 Å². The van der Waals surface area contributed by atoms with Crippen molar-refractivity contribution in [3.63, 3.8) is 0 Å². The molecular formula is C6H9N3O2. The predicted octanol–water partition coefficient (Wildman–Crippen LogP) is -1.35. The zero-order chi connectivity index (χ0) is 8.43. The highest BCUT2D eigenvalue weighted by Gasteiger charge is 2.17. The maximum Gasteiger partial charge on any atom is 0.253 e. The SMILES string of the molecule is CNc1c(NCN)c(=O)c1=O. The van der Waals surface area contributed by atoms with E-state index in [1.807, 2.05) is 0 Å². The zero-order valence-electron chi connectivity index (χ0n) is 6.10. The van der Waals surface area contributed by atoms with Crippen molar-refractivity contribution in [2.75, 3.05) is 24.3 Å². The van der Waals surface area contributed by atoms with Crippen molar-refractivity contribution in [2.45, 2.75) is 0 Å². The Morgan fingerprint density at radius 1 is 1.27 bits per heavy atom. The van der Waals surface area contributed by atoms with E-state index in [1.54, 1.807) is 7.05 Å². The minimum Gasteiger partial charge on any atom is -0.383 e. The van der Waals surface area contributed by atoms with E-state index in [9.17, 15) is 9.59 Å². The van der Waals surface area contributed by atoms with Crippen molar-refractivity contribution in [3.8, 4) is 0 Å². The third kappa shape index (κ3) is 0.988. The molecular weight excluding hydrogens is 146 g/mol. The van der Waals surface area contributed by atoms with Gasteiger partial charge in [-0.1, -0.05) is 0 Å². The molecule has 0 heterocycles. The average Bonchev–Trinajstić information content (AvgIpc) is 2.04. The normalized spacial score (nSPS) is 10.0. The lowest BCUT2D eigenvalue weighted by atomic mass is 10.2. The molecule has 0 fully saturated rings. The fourth-order valence-corrected chi connectivity index (χ4v) is 0.901. The summed E-state index contributed by atoms with van der Waals surface area (Å²) in [5.41, 5.74) is 4.76. The van der Waals surface area contributed by atoms with Crippen LogP contribution in [0.4, 0.5) is 11.4 Å². The van der Waals surface area contributed by atoms with Crippen LogP contribution in [-0.2, 0) is 0 Å². The molecule has 0 aliphatic rings. The molecule has 0 aromatic heterocycles. The van der Waals surface area contributed by atoms with Crippen LogP contribution in [0, 0.1) is 0 Å². The summed E-state index contributed by atoms with van der Waals surface area (Å²) in [4.78, 5) is 21.5. The van der Waals surface area contributed by atoms with Crippen LogP contribution in [0.25, 0.3) is 0 Å². The summed E-state index contributed by atoms with van der Waals surface area (Å²) in [6.07, 6.45) is 0. The van der Waals surface area contributed by atoms with Gasteiger partial charge in [-0.2, -0.15) is 0 Å². The van der Waals surface area contributed by atoms with Crippen LogP contribution in [0.5, 0.6) is 0 Å². The number of nitrogens with two attached hydrogens (primary N) is 1. The Bertz CT molecular complexity index is 324. The van der Waals surface area contributed by atoms with Gasteiger partial charge in [-0.15, -0.1) is 0 Å². The summed E-state index contributed by atoms with van der Waals surface area (Å²) >= 11 is 0. The second-order valence-electron chi connectivity index (χ2n) is 2.04. The van der Waals surface area contributed by atoms with E-state index < -0.39 is 10.9 Å². The molecule has 0 unspecified atom stereocenters. The maximum atomic E-state index is 10.8. The number of rotatable bonds is 3. The predicted molar refractivity (Wildman–Crippen MR) is 43.6 cm³/mol. The molecule has 1 aromatic rings. The molecule has 11 heavy (non-hydrogen) atoms. The maximum absolute atomic E-state index is 10.8. The molecule has 60 valence electrons. The van der Waals surface area contributed by atoms with Gasteiger partial charge in [-0.05, 0) is 0 Å².